The summed E-state index contributed by atoms with van der Waals surface area (Å²) in [7, 11) is 0. The first-order chi connectivity index (χ1) is 9.15. The monoisotopic (exact) mass is 280 g/mol. The molecule has 1 fully saturated rings. The van der Waals surface area contributed by atoms with Crippen molar-refractivity contribution in [2.45, 2.75) is 19.8 Å². The zero-order valence-electron chi connectivity index (χ0n) is 10.9. The van der Waals surface area contributed by atoms with Crippen molar-refractivity contribution in [2.75, 3.05) is 25.1 Å². The van der Waals surface area contributed by atoms with Gasteiger partial charge in [-0.1, -0.05) is 18.3 Å². The third-order valence-corrected chi connectivity index (χ3v) is 4.71. The fraction of sp³-hybridized carbons (Fsp3) is 0.500. The topological polar surface area (TPSA) is 34.2 Å². The van der Waals surface area contributed by atoms with Crippen LogP contribution >= 0.6 is 11.3 Å². The first kappa shape index (κ1) is 12.8. The Morgan fingerprint density at radius 3 is 3.00 bits per heavy atom. The van der Waals surface area contributed by atoms with Crippen LogP contribution in [0.1, 0.15) is 19.8 Å². The minimum atomic E-state index is -0.235. The molecule has 1 N–H and O–H groups in total. The van der Waals surface area contributed by atoms with Crippen molar-refractivity contribution in [3.05, 3.63) is 24.0 Å². The average molecular weight is 280 g/mol. The molecule has 2 aromatic rings. The number of anilines is 1. The number of rotatable bonds is 3. The van der Waals surface area contributed by atoms with Crippen molar-refractivity contribution in [1.82, 2.24) is 4.98 Å². The number of halogens is 1. The van der Waals surface area contributed by atoms with Crippen LogP contribution in [0.3, 0.4) is 0 Å². The van der Waals surface area contributed by atoms with E-state index in [4.69, 9.17) is 4.74 Å². The van der Waals surface area contributed by atoms with Gasteiger partial charge in [-0.3, -0.25) is 0 Å². The molecule has 2 heterocycles. The molecule has 1 saturated heterocycles. The Morgan fingerprint density at radius 2 is 2.21 bits per heavy atom. The van der Waals surface area contributed by atoms with E-state index < -0.39 is 0 Å². The summed E-state index contributed by atoms with van der Waals surface area (Å²) in [5, 5.41) is 4.26. The second kappa shape index (κ2) is 5.06. The van der Waals surface area contributed by atoms with Gasteiger partial charge in [0.2, 0.25) is 0 Å². The van der Waals surface area contributed by atoms with Crippen molar-refractivity contribution in [1.29, 1.82) is 0 Å². The van der Waals surface area contributed by atoms with Gasteiger partial charge in [0.1, 0.15) is 5.82 Å². The molecule has 3 rings (SSSR count). The number of hydrogen-bond donors (Lipinski definition) is 1. The van der Waals surface area contributed by atoms with Gasteiger partial charge in [0.15, 0.2) is 5.13 Å². The van der Waals surface area contributed by atoms with Crippen molar-refractivity contribution in [3.63, 3.8) is 0 Å². The molecule has 1 aromatic heterocycles. The van der Waals surface area contributed by atoms with Crippen LogP contribution in [0.15, 0.2) is 18.2 Å². The molecule has 5 heteroatoms. The number of nitrogens with zero attached hydrogens (tertiary/aromatic N) is 1. The molecule has 0 aliphatic carbocycles. The number of nitrogens with one attached hydrogen (secondary N) is 1. The third-order valence-electron chi connectivity index (χ3n) is 3.72. The fourth-order valence-corrected chi connectivity index (χ4v) is 3.15. The molecule has 0 bridgehead atoms. The van der Waals surface area contributed by atoms with Gasteiger partial charge in [-0.25, -0.2) is 9.37 Å². The molecule has 102 valence electrons. The smallest absolute Gasteiger partial charge is 0.183 e. The van der Waals surface area contributed by atoms with E-state index in [0.717, 1.165) is 47.9 Å². The van der Waals surface area contributed by atoms with Crippen molar-refractivity contribution >= 4 is 26.7 Å². The van der Waals surface area contributed by atoms with E-state index in [-0.39, 0.29) is 11.2 Å². The van der Waals surface area contributed by atoms with E-state index in [1.807, 2.05) is 0 Å². The van der Waals surface area contributed by atoms with Crippen LogP contribution in [0.2, 0.25) is 0 Å². The maximum Gasteiger partial charge on any atom is 0.183 e. The second-order valence-electron chi connectivity index (χ2n) is 5.41. The van der Waals surface area contributed by atoms with E-state index in [2.05, 4.69) is 17.2 Å². The van der Waals surface area contributed by atoms with Crippen LogP contribution in [-0.4, -0.2) is 24.7 Å². The van der Waals surface area contributed by atoms with Crippen molar-refractivity contribution in [2.24, 2.45) is 5.41 Å². The number of hydrogen-bond acceptors (Lipinski definition) is 4. The van der Waals surface area contributed by atoms with Gasteiger partial charge in [-0.2, -0.15) is 0 Å². The number of benzene rings is 1. The Labute approximate surface area is 115 Å². The van der Waals surface area contributed by atoms with Gasteiger partial charge in [0.05, 0.1) is 10.2 Å². The molecule has 19 heavy (non-hydrogen) atoms. The maximum absolute atomic E-state index is 13.1. The SMILES string of the molecule is CC1(CNc2nc3cc(F)ccc3s2)CCOCC1. The zero-order valence-corrected chi connectivity index (χ0v) is 11.7. The third kappa shape index (κ3) is 2.87. The lowest BCUT2D eigenvalue weighted by Gasteiger charge is -2.33. The Kier molecular flexibility index (Phi) is 3.41. The van der Waals surface area contributed by atoms with Gasteiger partial charge in [-0.15, -0.1) is 0 Å². The molecule has 0 amide bonds. The minimum absolute atomic E-state index is 0.235. The summed E-state index contributed by atoms with van der Waals surface area (Å²) >= 11 is 1.57. The molecule has 0 unspecified atom stereocenters. The van der Waals surface area contributed by atoms with Crippen LogP contribution in [0, 0.1) is 11.2 Å². The summed E-state index contributed by atoms with van der Waals surface area (Å²) in [5.41, 5.74) is 0.992. The second-order valence-corrected chi connectivity index (χ2v) is 6.44. The van der Waals surface area contributed by atoms with E-state index in [1.165, 1.54) is 12.1 Å². The predicted molar refractivity (Wildman–Crippen MR) is 76.2 cm³/mol. The molecule has 1 aromatic carbocycles. The van der Waals surface area contributed by atoms with Gasteiger partial charge in [0.25, 0.3) is 0 Å². The largest absolute Gasteiger partial charge is 0.381 e. The molecule has 0 spiro atoms. The van der Waals surface area contributed by atoms with E-state index in [1.54, 1.807) is 17.4 Å². The molecule has 1 aliphatic heterocycles. The van der Waals surface area contributed by atoms with Gasteiger partial charge in [0, 0.05) is 25.8 Å². The van der Waals surface area contributed by atoms with Crippen LogP contribution in [0.25, 0.3) is 10.2 Å². The lowest BCUT2D eigenvalue weighted by Crippen LogP contribution is -2.33. The highest BCUT2D eigenvalue weighted by molar-refractivity contribution is 7.22. The van der Waals surface area contributed by atoms with Crippen LogP contribution in [0.4, 0.5) is 9.52 Å². The van der Waals surface area contributed by atoms with E-state index in [0.29, 0.717) is 0 Å². The van der Waals surface area contributed by atoms with E-state index in [9.17, 15) is 4.39 Å². The summed E-state index contributed by atoms with van der Waals surface area (Å²) in [5.74, 6) is -0.235. The first-order valence-corrected chi connectivity index (χ1v) is 7.34. The van der Waals surface area contributed by atoms with Crippen molar-refractivity contribution in [3.8, 4) is 0 Å². The van der Waals surface area contributed by atoms with Crippen LogP contribution < -0.4 is 5.32 Å². The first-order valence-electron chi connectivity index (χ1n) is 6.52. The number of fused-ring (bicyclic) bond motifs is 1. The maximum atomic E-state index is 13.1. The Bertz CT molecular complexity index is 578. The molecule has 0 saturated carbocycles. The zero-order chi connectivity index (χ0) is 13.3. The summed E-state index contributed by atoms with van der Waals surface area (Å²) in [4.78, 5) is 4.43. The Balaban J connectivity index is 1.71. The molecular formula is C14H17FN2OS. The molecule has 3 nitrogen and oxygen atoms in total. The van der Waals surface area contributed by atoms with Crippen LogP contribution in [-0.2, 0) is 4.74 Å². The standard InChI is InChI=1S/C14H17FN2OS/c1-14(4-6-18-7-5-14)9-16-13-17-11-8-10(15)2-3-12(11)19-13/h2-3,8H,4-7,9H2,1H3,(H,16,17). The molecule has 0 radical (unpaired) electrons. The van der Waals surface area contributed by atoms with Crippen molar-refractivity contribution < 1.29 is 9.13 Å². The summed E-state index contributed by atoms with van der Waals surface area (Å²) in [6.07, 6.45) is 2.14. The molecule has 1 aliphatic rings. The highest BCUT2D eigenvalue weighted by Crippen LogP contribution is 2.32. The Hall–Kier alpha value is -1.20. The summed E-state index contributed by atoms with van der Waals surface area (Å²) < 4.78 is 19.5. The summed E-state index contributed by atoms with van der Waals surface area (Å²) in [6.45, 7) is 4.83. The normalized spacial score (nSPS) is 18.6. The highest BCUT2D eigenvalue weighted by atomic mass is 32.1. The lowest BCUT2D eigenvalue weighted by molar-refractivity contribution is 0.0300. The quantitative estimate of drug-likeness (QED) is 0.931. The average Bonchev–Trinajstić information content (AvgIpc) is 2.79. The number of thiazole rings is 1. The number of aromatic nitrogens is 1. The fourth-order valence-electron chi connectivity index (χ4n) is 2.31. The predicted octanol–water partition coefficient (Wildman–Crippen LogP) is 3.66. The summed E-state index contributed by atoms with van der Waals surface area (Å²) in [6, 6.07) is 4.74. The van der Waals surface area contributed by atoms with Crippen LogP contribution in [0.5, 0.6) is 0 Å². The van der Waals surface area contributed by atoms with E-state index >= 15 is 0 Å². The lowest BCUT2D eigenvalue weighted by atomic mass is 9.82. The molecular weight excluding hydrogens is 263 g/mol. The highest BCUT2D eigenvalue weighted by Gasteiger charge is 2.27. The van der Waals surface area contributed by atoms with Gasteiger partial charge < -0.3 is 10.1 Å². The Morgan fingerprint density at radius 1 is 1.42 bits per heavy atom. The minimum Gasteiger partial charge on any atom is -0.381 e. The molecule has 0 atom stereocenters. The van der Waals surface area contributed by atoms with Gasteiger partial charge >= 0.3 is 0 Å². The van der Waals surface area contributed by atoms with Gasteiger partial charge in [-0.05, 0) is 30.4 Å². The number of ether oxygens (including phenoxy) is 1.